The van der Waals surface area contributed by atoms with Gasteiger partial charge in [0, 0.05) is 37.7 Å². The lowest BCUT2D eigenvalue weighted by atomic mass is 10.1. The van der Waals surface area contributed by atoms with Crippen LogP contribution in [0, 0.1) is 0 Å². The molecule has 0 unspecified atom stereocenters. The van der Waals surface area contributed by atoms with Crippen molar-refractivity contribution in [2.24, 2.45) is 7.05 Å². The number of aryl methyl sites for hydroxylation is 1. The smallest absolute Gasteiger partial charge is 0.255 e. The predicted molar refractivity (Wildman–Crippen MR) is 90.0 cm³/mol. The number of hydrogen-bond acceptors (Lipinski definition) is 4. The first-order chi connectivity index (χ1) is 10.7. The number of carbonyl (C=O) groups is 1. The van der Waals surface area contributed by atoms with Crippen molar-refractivity contribution in [1.29, 1.82) is 0 Å². The van der Waals surface area contributed by atoms with Crippen LogP contribution in [0.1, 0.15) is 16.8 Å². The highest BCUT2D eigenvalue weighted by atomic mass is 32.2. The summed E-state index contributed by atoms with van der Waals surface area (Å²) in [6, 6.07) is 9.70. The largest absolute Gasteiger partial charge is 0.396 e. The molecule has 2 rings (SSSR count). The third-order valence-electron chi connectivity index (χ3n) is 3.10. The number of amides is 1. The van der Waals surface area contributed by atoms with Gasteiger partial charge in [-0.25, -0.2) is 0 Å². The SMILES string of the molecule is Cn1cc(C(=O)NCCSCCCO)c(-c2ccccc2)n1. The molecule has 0 bridgehead atoms. The number of rotatable bonds is 8. The number of benzene rings is 1. The van der Waals surface area contributed by atoms with Crippen molar-refractivity contribution in [3.63, 3.8) is 0 Å². The van der Waals surface area contributed by atoms with E-state index < -0.39 is 0 Å². The molecule has 0 atom stereocenters. The first-order valence-electron chi connectivity index (χ1n) is 7.28. The van der Waals surface area contributed by atoms with Crippen molar-refractivity contribution in [3.05, 3.63) is 42.1 Å². The zero-order valence-electron chi connectivity index (χ0n) is 12.7. The molecule has 22 heavy (non-hydrogen) atoms. The molecule has 0 spiro atoms. The van der Waals surface area contributed by atoms with E-state index in [9.17, 15) is 4.79 Å². The van der Waals surface area contributed by atoms with Crippen molar-refractivity contribution < 1.29 is 9.90 Å². The Morgan fingerprint density at radius 2 is 2.09 bits per heavy atom. The summed E-state index contributed by atoms with van der Waals surface area (Å²) in [7, 11) is 1.81. The molecule has 1 amide bonds. The highest BCUT2D eigenvalue weighted by molar-refractivity contribution is 7.99. The summed E-state index contributed by atoms with van der Waals surface area (Å²) in [6.45, 7) is 0.827. The van der Waals surface area contributed by atoms with Gasteiger partial charge in [-0.05, 0) is 12.2 Å². The van der Waals surface area contributed by atoms with Crippen LogP contribution >= 0.6 is 11.8 Å². The fourth-order valence-electron chi connectivity index (χ4n) is 2.06. The molecule has 2 N–H and O–H groups in total. The first-order valence-corrected chi connectivity index (χ1v) is 8.43. The van der Waals surface area contributed by atoms with Gasteiger partial charge < -0.3 is 10.4 Å². The van der Waals surface area contributed by atoms with Crippen molar-refractivity contribution in [2.45, 2.75) is 6.42 Å². The number of aliphatic hydroxyl groups excluding tert-OH is 1. The molecule has 1 heterocycles. The van der Waals surface area contributed by atoms with E-state index >= 15 is 0 Å². The van der Waals surface area contributed by atoms with Crippen LogP contribution in [0.25, 0.3) is 11.3 Å². The van der Waals surface area contributed by atoms with Crippen LogP contribution in [0.4, 0.5) is 0 Å². The average Bonchev–Trinajstić information content (AvgIpc) is 2.93. The van der Waals surface area contributed by atoms with E-state index in [1.165, 1.54) is 0 Å². The summed E-state index contributed by atoms with van der Waals surface area (Å²) in [6.07, 6.45) is 2.54. The highest BCUT2D eigenvalue weighted by Crippen LogP contribution is 2.21. The molecule has 0 radical (unpaired) electrons. The zero-order valence-corrected chi connectivity index (χ0v) is 13.5. The van der Waals surface area contributed by atoms with E-state index in [0.717, 1.165) is 23.5 Å². The number of carbonyl (C=O) groups excluding carboxylic acids is 1. The number of aliphatic hydroxyl groups is 1. The number of nitrogens with one attached hydrogen (secondary N) is 1. The molecule has 0 saturated heterocycles. The van der Waals surface area contributed by atoms with E-state index in [0.29, 0.717) is 17.8 Å². The number of nitrogens with zero attached hydrogens (tertiary/aromatic N) is 2. The zero-order chi connectivity index (χ0) is 15.8. The Labute approximate surface area is 134 Å². The molecular weight excluding hydrogens is 298 g/mol. The van der Waals surface area contributed by atoms with Gasteiger partial charge in [-0.2, -0.15) is 16.9 Å². The fraction of sp³-hybridized carbons (Fsp3) is 0.375. The van der Waals surface area contributed by atoms with Crippen LogP contribution in [0.3, 0.4) is 0 Å². The van der Waals surface area contributed by atoms with Gasteiger partial charge in [0.25, 0.3) is 5.91 Å². The normalized spacial score (nSPS) is 10.6. The topological polar surface area (TPSA) is 67.2 Å². The monoisotopic (exact) mass is 319 g/mol. The van der Waals surface area contributed by atoms with Gasteiger partial charge in [-0.3, -0.25) is 9.48 Å². The summed E-state index contributed by atoms with van der Waals surface area (Å²) in [5, 5.41) is 16.0. The summed E-state index contributed by atoms with van der Waals surface area (Å²) in [5.74, 6) is 1.65. The van der Waals surface area contributed by atoms with Crippen molar-refractivity contribution >= 4 is 17.7 Å². The molecule has 2 aromatic rings. The minimum atomic E-state index is -0.102. The van der Waals surface area contributed by atoms with Crippen LogP contribution in [-0.4, -0.2) is 45.5 Å². The summed E-state index contributed by atoms with van der Waals surface area (Å²) in [5.41, 5.74) is 2.23. The molecule has 0 fully saturated rings. The first kappa shape index (κ1) is 16.6. The maximum absolute atomic E-state index is 12.3. The summed E-state index contributed by atoms with van der Waals surface area (Å²) < 4.78 is 1.66. The second kappa shape index (κ2) is 8.60. The Morgan fingerprint density at radius 1 is 1.32 bits per heavy atom. The van der Waals surface area contributed by atoms with E-state index in [2.05, 4.69) is 10.4 Å². The molecule has 0 aliphatic rings. The van der Waals surface area contributed by atoms with Crippen LogP contribution in [0.15, 0.2) is 36.5 Å². The van der Waals surface area contributed by atoms with Crippen molar-refractivity contribution in [1.82, 2.24) is 15.1 Å². The standard InChI is InChI=1S/C16H21N3O2S/c1-19-12-14(15(18-19)13-6-3-2-4-7-13)16(21)17-8-11-22-10-5-9-20/h2-4,6-7,12,20H,5,8-11H2,1H3,(H,17,21). The Morgan fingerprint density at radius 3 is 2.82 bits per heavy atom. The van der Waals surface area contributed by atoms with E-state index in [4.69, 9.17) is 5.11 Å². The third-order valence-corrected chi connectivity index (χ3v) is 4.17. The molecule has 1 aromatic heterocycles. The van der Waals surface area contributed by atoms with Gasteiger partial charge in [0.1, 0.15) is 5.69 Å². The molecule has 1 aromatic carbocycles. The van der Waals surface area contributed by atoms with Crippen molar-refractivity contribution in [3.8, 4) is 11.3 Å². The average molecular weight is 319 g/mol. The Kier molecular flexibility index (Phi) is 6.48. The van der Waals surface area contributed by atoms with Crippen LogP contribution < -0.4 is 5.32 Å². The minimum Gasteiger partial charge on any atom is -0.396 e. The summed E-state index contributed by atoms with van der Waals surface area (Å²) in [4.78, 5) is 12.3. The molecule has 118 valence electrons. The maximum atomic E-state index is 12.3. The molecular formula is C16H21N3O2S. The maximum Gasteiger partial charge on any atom is 0.255 e. The molecule has 0 aliphatic heterocycles. The van der Waals surface area contributed by atoms with Crippen LogP contribution in [0.5, 0.6) is 0 Å². The number of hydrogen-bond donors (Lipinski definition) is 2. The Bertz CT molecular complexity index is 599. The fourth-order valence-corrected chi connectivity index (χ4v) is 2.85. The van der Waals surface area contributed by atoms with Gasteiger partial charge in [0.2, 0.25) is 0 Å². The predicted octanol–water partition coefficient (Wildman–Crippen LogP) is 1.93. The van der Waals surface area contributed by atoms with E-state index in [1.807, 2.05) is 37.4 Å². The van der Waals surface area contributed by atoms with Crippen LogP contribution in [0.2, 0.25) is 0 Å². The minimum absolute atomic E-state index is 0.102. The van der Waals surface area contributed by atoms with Crippen molar-refractivity contribution in [2.75, 3.05) is 24.7 Å². The quantitative estimate of drug-likeness (QED) is 0.730. The highest BCUT2D eigenvalue weighted by Gasteiger charge is 2.16. The van der Waals surface area contributed by atoms with E-state index in [-0.39, 0.29) is 12.5 Å². The Balaban J connectivity index is 1.96. The lowest BCUT2D eigenvalue weighted by molar-refractivity contribution is 0.0956. The third kappa shape index (κ3) is 4.61. The number of thioether (sulfide) groups is 1. The van der Waals surface area contributed by atoms with Gasteiger partial charge in [0.05, 0.1) is 5.56 Å². The lowest BCUT2D eigenvalue weighted by Crippen LogP contribution is -2.26. The second-order valence-electron chi connectivity index (χ2n) is 4.88. The van der Waals surface area contributed by atoms with Crippen LogP contribution in [-0.2, 0) is 7.05 Å². The van der Waals surface area contributed by atoms with Gasteiger partial charge >= 0.3 is 0 Å². The van der Waals surface area contributed by atoms with Gasteiger partial charge in [-0.15, -0.1) is 0 Å². The molecule has 5 nitrogen and oxygen atoms in total. The number of aromatic nitrogens is 2. The Hall–Kier alpha value is -1.79. The van der Waals surface area contributed by atoms with E-state index in [1.54, 1.807) is 22.6 Å². The van der Waals surface area contributed by atoms with Gasteiger partial charge in [-0.1, -0.05) is 30.3 Å². The van der Waals surface area contributed by atoms with Gasteiger partial charge in [0.15, 0.2) is 0 Å². The summed E-state index contributed by atoms with van der Waals surface area (Å²) >= 11 is 1.73. The molecule has 0 aliphatic carbocycles. The second-order valence-corrected chi connectivity index (χ2v) is 6.10. The lowest BCUT2D eigenvalue weighted by Gasteiger charge is -2.05. The molecule has 6 heteroatoms. The molecule has 0 saturated carbocycles.